The first-order valence-corrected chi connectivity index (χ1v) is 8.87. The van der Waals surface area contributed by atoms with Gasteiger partial charge >= 0.3 is 6.18 Å². The Bertz CT molecular complexity index is 1070. The van der Waals surface area contributed by atoms with Crippen molar-refractivity contribution < 1.29 is 13.2 Å². The first kappa shape index (κ1) is 18.1. The Kier molecular flexibility index (Phi) is 4.77. The van der Waals surface area contributed by atoms with Crippen LogP contribution in [0.2, 0.25) is 0 Å². The van der Waals surface area contributed by atoms with Crippen molar-refractivity contribution in [2.75, 3.05) is 5.32 Å². The fourth-order valence-corrected chi connectivity index (χ4v) is 3.25. The van der Waals surface area contributed by atoms with E-state index in [1.807, 2.05) is 36.5 Å². The number of hydrogen-bond donors (Lipinski definition) is 1. The third-order valence-corrected chi connectivity index (χ3v) is 4.65. The highest BCUT2D eigenvalue weighted by molar-refractivity contribution is 5.84. The zero-order valence-electron chi connectivity index (χ0n) is 14.9. The van der Waals surface area contributed by atoms with Gasteiger partial charge in [0, 0.05) is 42.6 Å². The molecule has 0 bridgehead atoms. The van der Waals surface area contributed by atoms with Crippen molar-refractivity contribution in [2.24, 2.45) is 0 Å². The fraction of sp³-hybridized carbons (Fsp3) is 0.136. The van der Waals surface area contributed by atoms with Crippen LogP contribution in [-0.4, -0.2) is 9.55 Å². The summed E-state index contributed by atoms with van der Waals surface area (Å²) in [6.07, 6.45) is 1.22. The minimum Gasteiger partial charge on any atom is -0.380 e. The maximum Gasteiger partial charge on any atom is 0.416 e. The maximum absolute atomic E-state index is 12.8. The molecule has 0 saturated heterocycles. The Hall–Kier alpha value is -3.28. The first-order chi connectivity index (χ1) is 13.5. The number of anilines is 1. The predicted octanol–water partition coefficient (Wildman–Crippen LogP) is 5.72. The molecule has 0 aliphatic carbocycles. The Morgan fingerprint density at radius 3 is 2.43 bits per heavy atom. The Labute approximate surface area is 160 Å². The highest BCUT2D eigenvalue weighted by Crippen LogP contribution is 2.29. The topological polar surface area (TPSA) is 29.9 Å². The van der Waals surface area contributed by atoms with Crippen LogP contribution in [0.5, 0.6) is 0 Å². The number of para-hydroxylation sites is 1. The molecule has 3 nitrogen and oxygen atoms in total. The number of nitrogens with zero attached hydrogens (tertiary/aromatic N) is 2. The lowest BCUT2D eigenvalue weighted by molar-refractivity contribution is -0.137. The zero-order valence-corrected chi connectivity index (χ0v) is 14.9. The normalized spacial score (nSPS) is 11.7. The van der Waals surface area contributed by atoms with E-state index in [1.54, 1.807) is 12.4 Å². The summed E-state index contributed by atoms with van der Waals surface area (Å²) in [5.41, 5.74) is 3.29. The molecule has 0 atom stereocenters. The lowest BCUT2D eigenvalue weighted by atomic mass is 10.1. The average Bonchev–Trinajstić information content (AvgIpc) is 3.05. The van der Waals surface area contributed by atoms with Crippen LogP contribution in [0.1, 0.15) is 16.7 Å². The SMILES string of the molecule is FC(F)(F)c1ccc(Cn2cc(CNc3cccnc3)c3ccccc32)cc1. The second kappa shape index (κ2) is 7.38. The van der Waals surface area contributed by atoms with Gasteiger partial charge in [-0.2, -0.15) is 13.2 Å². The molecule has 2 aromatic heterocycles. The van der Waals surface area contributed by atoms with Gasteiger partial charge in [-0.1, -0.05) is 30.3 Å². The second-order valence-electron chi connectivity index (χ2n) is 6.59. The van der Waals surface area contributed by atoms with Gasteiger partial charge < -0.3 is 9.88 Å². The summed E-state index contributed by atoms with van der Waals surface area (Å²) in [5.74, 6) is 0. The summed E-state index contributed by atoms with van der Waals surface area (Å²) in [4.78, 5) is 4.10. The van der Waals surface area contributed by atoms with Crippen molar-refractivity contribution in [3.63, 3.8) is 0 Å². The lowest BCUT2D eigenvalue weighted by Crippen LogP contribution is -2.05. The van der Waals surface area contributed by atoms with Crippen molar-refractivity contribution in [1.82, 2.24) is 9.55 Å². The molecule has 1 N–H and O–H groups in total. The van der Waals surface area contributed by atoms with E-state index < -0.39 is 11.7 Å². The summed E-state index contributed by atoms with van der Waals surface area (Å²) < 4.78 is 40.4. The number of rotatable bonds is 5. The molecular formula is C22H18F3N3. The van der Waals surface area contributed by atoms with Gasteiger partial charge in [-0.05, 0) is 41.5 Å². The molecule has 142 valence electrons. The van der Waals surface area contributed by atoms with Crippen molar-refractivity contribution >= 4 is 16.6 Å². The number of benzene rings is 2. The quantitative estimate of drug-likeness (QED) is 0.479. The smallest absolute Gasteiger partial charge is 0.380 e. The lowest BCUT2D eigenvalue weighted by Gasteiger charge is -2.09. The Morgan fingerprint density at radius 1 is 0.929 bits per heavy atom. The monoisotopic (exact) mass is 381 g/mol. The Morgan fingerprint density at radius 2 is 1.71 bits per heavy atom. The largest absolute Gasteiger partial charge is 0.416 e. The fourth-order valence-electron chi connectivity index (χ4n) is 3.25. The minimum absolute atomic E-state index is 0.505. The van der Waals surface area contributed by atoms with Gasteiger partial charge in [-0.3, -0.25) is 4.98 Å². The molecule has 0 spiro atoms. The van der Waals surface area contributed by atoms with Gasteiger partial charge in [0.2, 0.25) is 0 Å². The first-order valence-electron chi connectivity index (χ1n) is 8.87. The van der Waals surface area contributed by atoms with Crippen molar-refractivity contribution in [3.8, 4) is 0 Å². The maximum atomic E-state index is 12.8. The molecule has 0 unspecified atom stereocenters. The van der Waals surface area contributed by atoms with E-state index in [0.29, 0.717) is 13.1 Å². The van der Waals surface area contributed by atoms with E-state index in [1.165, 1.54) is 12.1 Å². The van der Waals surface area contributed by atoms with E-state index in [2.05, 4.69) is 20.9 Å². The Balaban J connectivity index is 1.59. The molecule has 0 fully saturated rings. The molecule has 0 aliphatic heterocycles. The van der Waals surface area contributed by atoms with Crippen LogP contribution in [0.25, 0.3) is 10.9 Å². The highest BCUT2D eigenvalue weighted by atomic mass is 19.4. The van der Waals surface area contributed by atoms with Crippen LogP contribution in [0.4, 0.5) is 18.9 Å². The number of halogens is 3. The number of fused-ring (bicyclic) bond motifs is 1. The third kappa shape index (κ3) is 3.86. The van der Waals surface area contributed by atoms with Crippen molar-refractivity contribution in [2.45, 2.75) is 19.3 Å². The standard InChI is InChI=1S/C22H18F3N3/c23-22(24,25)18-9-7-16(8-10-18)14-28-15-17(20-5-1-2-6-21(20)28)12-27-19-4-3-11-26-13-19/h1-11,13,15,27H,12,14H2. The summed E-state index contributed by atoms with van der Waals surface area (Å²) in [5, 5.41) is 4.47. The molecule has 6 heteroatoms. The van der Waals surface area contributed by atoms with Crippen LogP contribution in [0.3, 0.4) is 0 Å². The van der Waals surface area contributed by atoms with Crippen LogP contribution >= 0.6 is 0 Å². The van der Waals surface area contributed by atoms with Gasteiger partial charge in [0.1, 0.15) is 0 Å². The van der Waals surface area contributed by atoms with Gasteiger partial charge in [0.05, 0.1) is 11.3 Å². The molecule has 0 radical (unpaired) electrons. The molecule has 2 aromatic carbocycles. The van der Waals surface area contributed by atoms with E-state index in [0.717, 1.165) is 39.8 Å². The molecule has 0 saturated carbocycles. The second-order valence-corrected chi connectivity index (χ2v) is 6.59. The van der Waals surface area contributed by atoms with E-state index in [-0.39, 0.29) is 0 Å². The molecular weight excluding hydrogens is 363 g/mol. The average molecular weight is 381 g/mol. The van der Waals surface area contributed by atoms with Crippen LogP contribution in [-0.2, 0) is 19.3 Å². The number of aromatic nitrogens is 2. The van der Waals surface area contributed by atoms with Crippen molar-refractivity contribution in [3.05, 3.63) is 95.9 Å². The number of hydrogen-bond acceptors (Lipinski definition) is 2. The van der Waals surface area contributed by atoms with Gasteiger partial charge in [-0.25, -0.2) is 0 Å². The third-order valence-electron chi connectivity index (χ3n) is 4.65. The highest BCUT2D eigenvalue weighted by Gasteiger charge is 2.29. The molecule has 4 aromatic rings. The van der Waals surface area contributed by atoms with Crippen LogP contribution in [0.15, 0.2) is 79.3 Å². The predicted molar refractivity (Wildman–Crippen MR) is 104 cm³/mol. The van der Waals surface area contributed by atoms with Crippen LogP contribution in [0, 0.1) is 0 Å². The molecule has 0 aliphatic rings. The van der Waals surface area contributed by atoms with Gasteiger partial charge in [0.15, 0.2) is 0 Å². The van der Waals surface area contributed by atoms with Crippen LogP contribution < -0.4 is 5.32 Å². The summed E-state index contributed by atoms with van der Waals surface area (Å²) >= 11 is 0. The summed E-state index contributed by atoms with van der Waals surface area (Å²) in [6, 6.07) is 17.2. The molecule has 2 heterocycles. The van der Waals surface area contributed by atoms with E-state index in [4.69, 9.17) is 0 Å². The molecule has 28 heavy (non-hydrogen) atoms. The number of alkyl halides is 3. The van der Waals surface area contributed by atoms with Crippen molar-refractivity contribution in [1.29, 1.82) is 0 Å². The number of nitrogens with one attached hydrogen (secondary N) is 1. The van der Waals surface area contributed by atoms with E-state index >= 15 is 0 Å². The summed E-state index contributed by atoms with van der Waals surface area (Å²) in [7, 11) is 0. The zero-order chi connectivity index (χ0) is 19.6. The summed E-state index contributed by atoms with van der Waals surface area (Å²) in [6.45, 7) is 1.14. The molecule has 4 rings (SSSR count). The van der Waals surface area contributed by atoms with Gasteiger partial charge in [-0.15, -0.1) is 0 Å². The van der Waals surface area contributed by atoms with Gasteiger partial charge in [0.25, 0.3) is 0 Å². The number of pyridine rings is 1. The van der Waals surface area contributed by atoms with E-state index in [9.17, 15) is 13.2 Å². The molecule has 0 amide bonds. The minimum atomic E-state index is -4.32.